The number of aryl methyl sites for hydroxylation is 1. The molecule has 0 bridgehead atoms. The van der Waals surface area contributed by atoms with Crippen molar-refractivity contribution in [1.29, 1.82) is 0 Å². The van der Waals surface area contributed by atoms with E-state index in [0.29, 0.717) is 18.1 Å². The van der Waals surface area contributed by atoms with E-state index in [9.17, 15) is 9.90 Å². The summed E-state index contributed by atoms with van der Waals surface area (Å²) >= 11 is 0. The number of rotatable bonds is 8. The second kappa shape index (κ2) is 8.11. The molecule has 1 aromatic rings. The summed E-state index contributed by atoms with van der Waals surface area (Å²) in [5, 5.41) is 9.49. The molecule has 1 N–H and O–H groups in total. The van der Waals surface area contributed by atoms with Crippen LogP contribution in [0.25, 0.3) is 0 Å². The van der Waals surface area contributed by atoms with Gasteiger partial charge in [0, 0.05) is 5.56 Å². The molecule has 0 fully saturated rings. The minimum atomic E-state index is -0.890. The lowest BCUT2D eigenvalue weighted by molar-refractivity contribution is -0.145. The van der Waals surface area contributed by atoms with Gasteiger partial charge in [-0.05, 0) is 63.6 Å². The average molecular weight is 348 g/mol. The molecule has 4 nitrogen and oxygen atoms in total. The molecule has 0 amide bonds. The highest BCUT2D eigenvalue weighted by molar-refractivity contribution is 5.72. The van der Waals surface area contributed by atoms with Gasteiger partial charge in [-0.2, -0.15) is 0 Å². The van der Waals surface area contributed by atoms with Crippen LogP contribution in [0.4, 0.5) is 0 Å². The Kier molecular flexibility index (Phi) is 6.36. The summed E-state index contributed by atoms with van der Waals surface area (Å²) in [5.74, 6) is 1.02. The number of carboxylic acid groups (broad SMARTS) is 1. The van der Waals surface area contributed by atoms with Gasteiger partial charge in [0.2, 0.25) is 0 Å². The van der Waals surface area contributed by atoms with E-state index in [1.807, 2.05) is 19.1 Å². The van der Waals surface area contributed by atoms with Gasteiger partial charge in [-0.25, -0.2) is 4.79 Å². The molecule has 0 aliphatic carbocycles. The Morgan fingerprint density at radius 2 is 2.08 bits per heavy atom. The largest absolute Gasteiger partial charge is 0.488 e. The Morgan fingerprint density at radius 1 is 1.36 bits per heavy atom. The molecule has 4 heteroatoms. The first-order chi connectivity index (χ1) is 11.7. The third kappa shape index (κ3) is 5.13. The van der Waals surface area contributed by atoms with Crippen molar-refractivity contribution in [3.8, 4) is 11.5 Å². The summed E-state index contributed by atoms with van der Waals surface area (Å²) in [6, 6.07) is 3.96. The normalized spacial score (nSPS) is 19.6. The number of carboxylic acids is 1. The fraction of sp³-hybridized carbons (Fsp3) is 0.667. The molecule has 0 spiro atoms. The molecule has 0 saturated carbocycles. The van der Waals surface area contributed by atoms with Crippen molar-refractivity contribution in [2.24, 2.45) is 0 Å². The van der Waals surface area contributed by atoms with E-state index < -0.39 is 12.1 Å². The first kappa shape index (κ1) is 19.6. The predicted octanol–water partition coefficient (Wildman–Crippen LogP) is 5.46. The first-order valence-corrected chi connectivity index (χ1v) is 9.46. The zero-order valence-electron chi connectivity index (χ0n) is 16.2. The van der Waals surface area contributed by atoms with Crippen LogP contribution in [0.5, 0.6) is 11.5 Å². The van der Waals surface area contributed by atoms with Crippen molar-refractivity contribution >= 4 is 5.97 Å². The van der Waals surface area contributed by atoms with Crippen LogP contribution >= 0.6 is 0 Å². The molecule has 1 aliphatic heterocycles. The Hall–Kier alpha value is -1.71. The molecular formula is C21H32O4. The maximum atomic E-state index is 11.6. The average Bonchev–Trinajstić information content (AvgIpc) is 2.50. The zero-order chi connectivity index (χ0) is 18.6. The zero-order valence-corrected chi connectivity index (χ0v) is 16.2. The van der Waals surface area contributed by atoms with E-state index in [1.54, 1.807) is 0 Å². The van der Waals surface area contributed by atoms with E-state index in [4.69, 9.17) is 9.47 Å². The standard InChI is InChI=1S/C21H32O4/c1-6-7-8-9-10-17(20(22)23)24-18-12-16-15(3)13-21(4,5)25-19(16)11-14(18)2/h11-12,15,17H,6-10,13H2,1-5H3,(H,22,23). The highest BCUT2D eigenvalue weighted by atomic mass is 16.5. The molecule has 2 unspecified atom stereocenters. The van der Waals surface area contributed by atoms with Crippen molar-refractivity contribution < 1.29 is 19.4 Å². The quantitative estimate of drug-likeness (QED) is 0.634. The maximum Gasteiger partial charge on any atom is 0.344 e. The van der Waals surface area contributed by atoms with Crippen LogP contribution in [-0.2, 0) is 4.79 Å². The molecule has 1 aliphatic rings. The van der Waals surface area contributed by atoms with Crippen LogP contribution in [0, 0.1) is 6.92 Å². The summed E-state index contributed by atoms with van der Waals surface area (Å²) < 4.78 is 12.0. The Labute approximate surface area is 151 Å². The second-order valence-electron chi connectivity index (χ2n) is 7.92. The fourth-order valence-corrected chi connectivity index (χ4v) is 3.61. The first-order valence-electron chi connectivity index (χ1n) is 9.46. The van der Waals surface area contributed by atoms with Crippen molar-refractivity contribution in [3.05, 3.63) is 23.3 Å². The summed E-state index contributed by atoms with van der Waals surface area (Å²) in [4.78, 5) is 11.6. The van der Waals surface area contributed by atoms with Crippen molar-refractivity contribution in [2.75, 3.05) is 0 Å². The number of unbranched alkanes of at least 4 members (excludes halogenated alkanes) is 3. The molecular weight excluding hydrogens is 316 g/mol. The van der Waals surface area contributed by atoms with Gasteiger partial charge in [0.1, 0.15) is 17.1 Å². The van der Waals surface area contributed by atoms with Crippen LogP contribution < -0.4 is 9.47 Å². The van der Waals surface area contributed by atoms with Gasteiger partial charge in [-0.1, -0.05) is 33.1 Å². The van der Waals surface area contributed by atoms with E-state index >= 15 is 0 Å². The molecule has 2 atom stereocenters. The second-order valence-corrected chi connectivity index (χ2v) is 7.92. The van der Waals surface area contributed by atoms with Gasteiger partial charge in [0.05, 0.1) is 0 Å². The third-order valence-electron chi connectivity index (χ3n) is 4.89. The van der Waals surface area contributed by atoms with Gasteiger partial charge >= 0.3 is 5.97 Å². The summed E-state index contributed by atoms with van der Waals surface area (Å²) in [5.41, 5.74) is 1.85. The molecule has 1 heterocycles. The lowest BCUT2D eigenvalue weighted by atomic mass is 9.85. The van der Waals surface area contributed by atoms with Crippen LogP contribution in [0.1, 0.15) is 83.3 Å². The van der Waals surface area contributed by atoms with Crippen molar-refractivity contribution in [3.63, 3.8) is 0 Å². The topological polar surface area (TPSA) is 55.8 Å². The molecule has 25 heavy (non-hydrogen) atoms. The molecule has 0 radical (unpaired) electrons. The lowest BCUT2D eigenvalue weighted by Gasteiger charge is -2.37. The third-order valence-corrected chi connectivity index (χ3v) is 4.89. The van der Waals surface area contributed by atoms with E-state index in [0.717, 1.165) is 49.0 Å². The number of hydrogen-bond acceptors (Lipinski definition) is 3. The van der Waals surface area contributed by atoms with E-state index in [1.165, 1.54) is 0 Å². The Bertz CT molecular complexity index is 606. The smallest absolute Gasteiger partial charge is 0.344 e. The van der Waals surface area contributed by atoms with Crippen molar-refractivity contribution in [2.45, 2.75) is 90.8 Å². The lowest BCUT2D eigenvalue weighted by Crippen LogP contribution is -2.34. The number of ether oxygens (including phenoxy) is 2. The van der Waals surface area contributed by atoms with Gasteiger partial charge in [0.15, 0.2) is 6.10 Å². The van der Waals surface area contributed by atoms with Gasteiger partial charge < -0.3 is 14.6 Å². The van der Waals surface area contributed by atoms with E-state index in [2.05, 4.69) is 27.7 Å². The number of hydrogen-bond donors (Lipinski definition) is 1. The Morgan fingerprint density at radius 3 is 2.72 bits per heavy atom. The summed E-state index contributed by atoms with van der Waals surface area (Å²) in [6.45, 7) is 10.5. The van der Waals surface area contributed by atoms with Crippen molar-refractivity contribution in [1.82, 2.24) is 0 Å². The SMILES string of the molecule is CCCCCCC(Oc1cc2c(cc1C)OC(C)(C)CC2C)C(=O)O. The van der Waals surface area contributed by atoms with Gasteiger partial charge in [0.25, 0.3) is 0 Å². The monoisotopic (exact) mass is 348 g/mol. The minimum absolute atomic E-state index is 0.176. The van der Waals surface area contributed by atoms with Crippen LogP contribution in [0.3, 0.4) is 0 Å². The fourth-order valence-electron chi connectivity index (χ4n) is 3.61. The highest BCUT2D eigenvalue weighted by Crippen LogP contribution is 2.43. The summed E-state index contributed by atoms with van der Waals surface area (Å²) in [7, 11) is 0. The van der Waals surface area contributed by atoms with Gasteiger partial charge in [-0.15, -0.1) is 0 Å². The van der Waals surface area contributed by atoms with E-state index in [-0.39, 0.29) is 5.60 Å². The highest BCUT2D eigenvalue weighted by Gasteiger charge is 2.32. The minimum Gasteiger partial charge on any atom is -0.488 e. The molecule has 0 aromatic heterocycles. The molecule has 140 valence electrons. The molecule has 0 saturated heterocycles. The predicted molar refractivity (Wildman–Crippen MR) is 99.7 cm³/mol. The summed E-state index contributed by atoms with van der Waals surface area (Å²) in [6.07, 6.45) is 4.89. The van der Waals surface area contributed by atoms with Gasteiger partial charge in [-0.3, -0.25) is 0 Å². The van der Waals surface area contributed by atoms with Crippen LogP contribution in [0.15, 0.2) is 12.1 Å². The molecule has 1 aromatic carbocycles. The van der Waals surface area contributed by atoms with Crippen LogP contribution in [0.2, 0.25) is 0 Å². The maximum absolute atomic E-state index is 11.6. The number of aliphatic carboxylic acids is 1. The number of carbonyl (C=O) groups is 1. The number of benzene rings is 1. The number of fused-ring (bicyclic) bond motifs is 1. The molecule has 2 rings (SSSR count). The van der Waals surface area contributed by atoms with Crippen LogP contribution in [-0.4, -0.2) is 22.8 Å². The Balaban J connectivity index is 2.16.